The number of nitrogens with two attached hydrogens (primary N) is 1. The number of aryl methyl sites for hydroxylation is 2. The van der Waals surface area contributed by atoms with Gasteiger partial charge in [0.25, 0.3) is 0 Å². The highest BCUT2D eigenvalue weighted by molar-refractivity contribution is 6.30. The molecule has 1 aliphatic heterocycles. The van der Waals surface area contributed by atoms with Crippen LogP contribution >= 0.6 is 11.6 Å². The Morgan fingerprint density at radius 1 is 1.11 bits per heavy atom. The molecule has 0 aliphatic carbocycles. The fraction of sp³-hybridized carbons (Fsp3) is 0.435. The Hall–Kier alpha value is -2.00. The lowest BCUT2D eigenvalue weighted by atomic mass is 9.73. The van der Waals surface area contributed by atoms with E-state index in [2.05, 4.69) is 63.8 Å². The molecule has 0 saturated carbocycles. The summed E-state index contributed by atoms with van der Waals surface area (Å²) in [5.41, 5.74) is 12.8. The number of carbonyl (C=O) groups is 1. The number of rotatable bonds is 3. The molecule has 2 aromatic carbocycles. The summed E-state index contributed by atoms with van der Waals surface area (Å²) in [5.74, 6) is -0.555. The molecule has 0 fully saturated rings. The van der Waals surface area contributed by atoms with Gasteiger partial charge < -0.3 is 10.6 Å². The van der Waals surface area contributed by atoms with Crippen LogP contribution in [0.4, 0.5) is 5.69 Å². The molecule has 4 heteroatoms. The molecule has 27 heavy (non-hydrogen) atoms. The molecular formula is C23H29ClN2O. The smallest absolute Gasteiger partial charge is 0.225 e. The molecule has 0 saturated heterocycles. The van der Waals surface area contributed by atoms with Gasteiger partial charge in [-0.1, -0.05) is 38.4 Å². The van der Waals surface area contributed by atoms with Gasteiger partial charge in [0.2, 0.25) is 5.91 Å². The van der Waals surface area contributed by atoms with Gasteiger partial charge in [0.15, 0.2) is 0 Å². The molecular weight excluding hydrogens is 356 g/mol. The molecule has 2 aromatic rings. The van der Waals surface area contributed by atoms with E-state index in [1.54, 1.807) is 0 Å². The second-order valence-electron chi connectivity index (χ2n) is 8.78. The number of hydrogen-bond acceptors (Lipinski definition) is 2. The monoisotopic (exact) mass is 384 g/mol. The van der Waals surface area contributed by atoms with Crippen LogP contribution < -0.4 is 10.6 Å². The Balaban J connectivity index is 1.96. The minimum atomic E-state index is -0.296. The first-order chi connectivity index (χ1) is 12.6. The minimum absolute atomic E-state index is 0.216. The van der Waals surface area contributed by atoms with Crippen molar-refractivity contribution in [2.24, 2.45) is 11.1 Å². The van der Waals surface area contributed by atoms with E-state index in [1.165, 1.54) is 16.8 Å². The molecule has 0 bridgehead atoms. The number of primary amides is 1. The molecule has 2 N–H and O–H groups in total. The summed E-state index contributed by atoms with van der Waals surface area (Å²) in [7, 11) is 0. The van der Waals surface area contributed by atoms with Crippen LogP contribution in [0.3, 0.4) is 0 Å². The molecule has 3 nitrogen and oxygen atoms in total. The third-order valence-corrected chi connectivity index (χ3v) is 5.80. The third kappa shape index (κ3) is 3.98. The number of amides is 1. The number of benzene rings is 2. The normalized spacial score (nSPS) is 15.4. The fourth-order valence-electron chi connectivity index (χ4n) is 4.33. The van der Waals surface area contributed by atoms with Crippen LogP contribution in [-0.2, 0) is 17.8 Å². The quantitative estimate of drug-likeness (QED) is 0.796. The van der Waals surface area contributed by atoms with Crippen LogP contribution in [-0.4, -0.2) is 12.5 Å². The molecule has 0 spiro atoms. The van der Waals surface area contributed by atoms with Crippen LogP contribution in [0, 0.1) is 19.3 Å². The van der Waals surface area contributed by atoms with Gasteiger partial charge in [-0.2, -0.15) is 0 Å². The Bertz CT molecular complexity index is 859. The summed E-state index contributed by atoms with van der Waals surface area (Å²) in [4.78, 5) is 14.6. The van der Waals surface area contributed by atoms with Crippen molar-refractivity contribution in [2.45, 2.75) is 53.5 Å². The van der Waals surface area contributed by atoms with Crippen molar-refractivity contribution in [1.29, 1.82) is 0 Å². The maximum atomic E-state index is 12.2. The van der Waals surface area contributed by atoms with Crippen molar-refractivity contribution >= 4 is 23.2 Å². The number of halogens is 1. The zero-order valence-electron chi connectivity index (χ0n) is 16.9. The van der Waals surface area contributed by atoms with E-state index >= 15 is 0 Å². The van der Waals surface area contributed by atoms with E-state index in [0.717, 1.165) is 41.2 Å². The van der Waals surface area contributed by atoms with E-state index in [4.69, 9.17) is 17.3 Å². The van der Waals surface area contributed by atoms with E-state index < -0.39 is 0 Å². The molecule has 1 atom stereocenters. The first-order valence-electron chi connectivity index (χ1n) is 9.50. The van der Waals surface area contributed by atoms with Gasteiger partial charge >= 0.3 is 0 Å². The minimum Gasteiger partial charge on any atom is -0.369 e. The Kier molecular flexibility index (Phi) is 5.27. The second kappa shape index (κ2) is 7.20. The first kappa shape index (κ1) is 19.8. The highest BCUT2D eigenvalue weighted by Crippen LogP contribution is 2.40. The summed E-state index contributed by atoms with van der Waals surface area (Å²) < 4.78 is 0. The maximum absolute atomic E-state index is 12.2. The zero-order valence-corrected chi connectivity index (χ0v) is 17.7. The number of nitrogens with zero attached hydrogens (tertiary/aromatic N) is 1. The lowest BCUT2D eigenvalue weighted by Crippen LogP contribution is -2.33. The van der Waals surface area contributed by atoms with Gasteiger partial charge in [0, 0.05) is 23.8 Å². The summed E-state index contributed by atoms with van der Waals surface area (Å²) in [6.45, 7) is 12.2. The number of fused-ring (bicyclic) bond motifs is 1. The van der Waals surface area contributed by atoms with E-state index in [0.29, 0.717) is 0 Å². The Morgan fingerprint density at radius 3 is 2.30 bits per heavy atom. The van der Waals surface area contributed by atoms with Crippen LogP contribution in [0.2, 0.25) is 5.02 Å². The fourth-order valence-corrected chi connectivity index (χ4v) is 4.53. The van der Waals surface area contributed by atoms with Crippen molar-refractivity contribution in [3.05, 3.63) is 63.2 Å². The molecule has 1 aliphatic rings. The van der Waals surface area contributed by atoms with Crippen molar-refractivity contribution in [2.75, 3.05) is 11.4 Å². The largest absolute Gasteiger partial charge is 0.369 e. The summed E-state index contributed by atoms with van der Waals surface area (Å²) in [6, 6.07) is 10.6. The SMILES string of the molecule is Cc1cc(N2CCc3cc(Cl)ccc3C2)cc(C)c1C(C(N)=O)C(C)(C)C. The van der Waals surface area contributed by atoms with Gasteiger partial charge in [-0.05, 0) is 77.8 Å². The standard InChI is InChI=1S/C23H29ClN2O/c1-14-10-19(11-15(2)20(14)21(22(25)27)23(3,4)5)26-9-8-16-12-18(24)7-6-17(16)13-26/h6-7,10-12,21H,8-9,13H2,1-5H3,(H2,25,27). The first-order valence-corrected chi connectivity index (χ1v) is 9.88. The lowest BCUT2D eigenvalue weighted by molar-refractivity contribution is -0.121. The van der Waals surface area contributed by atoms with Gasteiger partial charge in [0.1, 0.15) is 0 Å². The van der Waals surface area contributed by atoms with E-state index in [9.17, 15) is 4.79 Å². The zero-order chi connectivity index (χ0) is 19.9. The highest BCUT2D eigenvalue weighted by Gasteiger charge is 2.33. The molecule has 0 radical (unpaired) electrons. The predicted molar refractivity (Wildman–Crippen MR) is 114 cm³/mol. The molecule has 0 aromatic heterocycles. The van der Waals surface area contributed by atoms with E-state index in [1.807, 2.05) is 6.07 Å². The van der Waals surface area contributed by atoms with E-state index in [-0.39, 0.29) is 17.2 Å². The summed E-state index contributed by atoms with van der Waals surface area (Å²) in [6.07, 6.45) is 0.988. The van der Waals surface area contributed by atoms with Gasteiger partial charge in [0.05, 0.1) is 5.92 Å². The summed E-state index contributed by atoms with van der Waals surface area (Å²) in [5, 5.41) is 0.804. The molecule has 1 unspecified atom stereocenters. The number of carbonyl (C=O) groups excluding carboxylic acids is 1. The van der Waals surface area contributed by atoms with Crippen molar-refractivity contribution in [3.8, 4) is 0 Å². The van der Waals surface area contributed by atoms with Crippen molar-refractivity contribution in [3.63, 3.8) is 0 Å². The van der Waals surface area contributed by atoms with Crippen LogP contribution in [0.25, 0.3) is 0 Å². The van der Waals surface area contributed by atoms with Crippen molar-refractivity contribution < 1.29 is 4.79 Å². The predicted octanol–water partition coefficient (Wildman–Crippen LogP) is 5.13. The Morgan fingerprint density at radius 2 is 1.74 bits per heavy atom. The van der Waals surface area contributed by atoms with Crippen molar-refractivity contribution in [1.82, 2.24) is 0 Å². The third-order valence-electron chi connectivity index (χ3n) is 5.56. The number of hydrogen-bond donors (Lipinski definition) is 1. The molecule has 1 amide bonds. The average Bonchev–Trinajstić information content (AvgIpc) is 2.55. The van der Waals surface area contributed by atoms with Crippen LogP contribution in [0.5, 0.6) is 0 Å². The van der Waals surface area contributed by atoms with Gasteiger partial charge in [-0.15, -0.1) is 0 Å². The lowest BCUT2D eigenvalue weighted by Gasteiger charge is -2.34. The Labute approximate surface area is 167 Å². The average molecular weight is 385 g/mol. The van der Waals surface area contributed by atoms with Crippen LogP contribution in [0.15, 0.2) is 30.3 Å². The second-order valence-corrected chi connectivity index (χ2v) is 9.22. The molecule has 1 heterocycles. The topological polar surface area (TPSA) is 46.3 Å². The molecule has 144 valence electrons. The summed E-state index contributed by atoms with van der Waals surface area (Å²) >= 11 is 6.13. The van der Waals surface area contributed by atoms with Crippen LogP contribution in [0.1, 0.15) is 54.5 Å². The highest BCUT2D eigenvalue weighted by atomic mass is 35.5. The maximum Gasteiger partial charge on any atom is 0.225 e. The molecule has 3 rings (SSSR count). The van der Waals surface area contributed by atoms with Gasteiger partial charge in [-0.25, -0.2) is 0 Å². The van der Waals surface area contributed by atoms with Gasteiger partial charge in [-0.3, -0.25) is 4.79 Å². The number of anilines is 1.